The summed E-state index contributed by atoms with van der Waals surface area (Å²) in [5, 5.41) is 14.9. The van der Waals surface area contributed by atoms with Crippen LogP contribution in [-0.2, 0) is 26.5 Å². The number of rotatable bonds is 3. The predicted octanol–water partition coefficient (Wildman–Crippen LogP) is 17.1. The number of aromatic nitrogens is 3. The van der Waals surface area contributed by atoms with Crippen molar-refractivity contribution in [2.45, 2.75) is 34.0 Å². The van der Waals surface area contributed by atoms with Gasteiger partial charge in [-0.3, -0.25) is 4.98 Å². The maximum atomic E-state index is 8.48. The molecule has 1 radical (unpaired) electrons. The molecule has 0 unspecified atom stereocenters. The Balaban J connectivity index is 0.000000199. The third-order valence-electron chi connectivity index (χ3n) is 12.5. The molecular weight excluding hydrogens is 1010 g/mol. The summed E-state index contributed by atoms with van der Waals surface area (Å²) in [4.78, 5) is 9.66. The van der Waals surface area contributed by atoms with Crippen LogP contribution in [0.15, 0.2) is 188 Å². The summed E-state index contributed by atoms with van der Waals surface area (Å²) in [6.07, 6.45) is -0.550. The van der Waals surface area contributed by atoms with Gasteiger partial charge in [0, 0.05) is 54.1 Å². The van der Waals surface area contributed by atoms with E-state index in [9.17, 15) is 0 Å². The van der Waals surface area contributed by atoms with Crippen molar-refractivity contribution in [3.63, 3.8) is 0 Å². The van der Waals surface area contributed by atoms with E-state index in [1.807, 2.05) is 29.5 Å². The number of thiophene rings is 1. The van der Waals surface area contributed by atoms with Gasteiger partial charge in [0.25, 0.3) is 0 Å². The first-order valence-corrected chi connectivity index (χ1v) is 23.0. The molecule has 9 aromatic carbocycles. The van der Waals surface area contributed by atoms with Crippen LogP contribution >= 0.6 is 11.3 Å². The second-order valence-corrected chi connectivity index (χ2v) is 18.9. The van der Waals surface area contributed by atoms with E-state index in [2.05, 4.69) is 173 Å². The number of pyridine rings is 1. The average Bonchev–Trinajstić information content (AvgIpc) is 3.97. The molecule has 0 atom stereocenters. The first kappa shape index (κ1) is 37.1. The molecule has 13 rings (SSSR count). The van der Waals surface area contributed by atoms with Crippen molar-refractivity contribution < 1.29 is 27.0 Å². The number of imidazole rings is 1. The minimum absolute atomic E-state index is 0. The minimum Gasteiger partial charge on any atom is -0.332 e. The second kappa shape index (κ2) is 17.0. The van der Waals surface area contributed by atoms with Gasteiger partial charge in [-0.05, 0) is 107 Å². The third-order valence-corrected chi connectivity index (χ3v) is 13.7. The van der Waals surface area contributed by atoms with Crippen molar-refractivity contribution in [2.24, 2.45) is 5.41 Å². The zero-order valence-corrected chi connectivity index (χ0v) is 40.2. The Bertz CT molecular complexity index is 4310. The Morgan fingerprint density at radius 3 is 2.01 bits per heavy atom. The molecule has 0 fully saturated rings. The van der Waals surface area contributed by atoms with Crippen LogP contribution < -0.4 is 0 Å². The molecule has 67 heavy (non-hydrogen) atoms. The summed E-state index contributed by atoms with van der Waals surface area (Å²) in [6, 6.07) is 70.6. The maximum Gasteiger partial charge on any atom is 0.0780 e. The van der Waals surface area contributed by atoms with E-state index in [-0.39, 0.29) is 31.2 Å². The maximum absolute atomic E-state index is 8.48. The van der Waals surface area contributed by atoms with Gasteiger partial charge >= 0.3 is 0 Å². The summed E-state index contributed by atoms with van der Waals surface area (Å²) in [5.41, 5.74) is 4.81. The summed E-state index contributed by atoms with van der Waals surface area (Å²) in [6.45, 7) is 2.85. The average molecular weight is 1060 g/mol. The van der Waals surface area contributed by atoms with E-state index < -0.39 is 18.6 Å². The molecule has 0 aliphatic rings. The molecule has 0 N–H and O–H groups in total. The smallest absolute Gasteiger partial charge is 0.0780 e. The van der Waals surface area contributed by atoms with Crippen molar-refractivity contribution in [3.05, 3.63) is 211 Å². The zero-order chi connectivity index (χ0) is 48.8. The molecule has 5 heteroatoms. The van der Waals surface area contributed by atoms with Crippen molar-refractivity contribution in [2.75, 3.05) is 0 Å². The molecule has 0 amide bonds. The first-order chi connectivity index (χ1) is 34.3. The number of benzene rings is 9. The Hall–Kier alpha value is -7.01. The fourth-order valence-electron chi connectivity index (χ4n) is 9.62. The van der Waals surface area contributed by atoms with E-state index in [1.165, 1.54) is 80.2 Å². The van der Waals surface area contributed by atoms with Crippen LogP contribution in [0.5, 0.6) is 0 Å². The van der Waals surface area contributed by atoms with Crippen LogP contribution in [0.25, 0.3) is 113 Å². The van der Waals surface area contributed by atoms with Crippen LogP contribution in [-0.4, -0.2) is 14.4 Å². The Labute approximate surface area is 414 Å². The van der Waals surface area contributed by atoms with Gasteiger partial charge in [-0.1, -0.05) is 159 Å². The van der Waals surface area contributed by atoms with Crippen molar-refractivity contribution >= 4 is 102 Å². The largest absolute Gasteiger partial charge is 0.332 e. The van der Waals surface area contributed by atoms with Crippen LogP contribution in [0.4, 0.5) is 0 Å². The van der Waals surface area contributed by atoms with Gasteiger partial charge in [0.2, 0.25) is 0 Å². The molecule has 325 valence electrons. The molecule has 0 aliphatic heterocycles. The topological polar surface area (TPSA) is 30.2 Å². The number of fused-ring (bicyclic) bond motifs is 13. The molecule has 13 aromatic rings. The van der Waals surface area contributed by atoms with Crippen LogP contribution in [0, 0.1) is 24.4 Å². The fraction of sp³-hybridized carbons (Fsp3) is 0.0968. The number of para-hydroxylation sites is 2. The van der Waals surface area contributed by atoms with E-state index in [1.54, 1.807) is 32.9 Å². The fourth-order valence-corrected chi connectivity index (χ4v) is 10.8. The summed E-state index contributed by atoms with van der Waals surface area (Å²) in [7, 11) is 0. The predicted molar refractivity (Wildman–Crippen MR) is 283 cm³/mol. The van der Waals surface area contributed by atoms with E-state index in [0.717, 1.165) is 27.9 Å². The number of hydrogen-bond donors (Lipinski definition) is 0. The van der Waals surface area contributed by atoms with Gasteiger partial charge in [-0.25, -0.2) is 0 Å². The number of hydrogen-bond acceptors (Lipinski definition) is 3. The van der Waals surface area contributed by atoms with Gasteiger partial charge in [0.1, 0.15) is 0 Å². The van der Waals surface area contributed by atoms with Gasteiger partial charge < -0.3 is 9.38 Å². The molecule has 0 bridgehead atoms. The Kier molecular flexibility index (Phi) is 9.42. The first-order valence-electron chi connectivity index (χ1n) is 24.7. The Morgan fingerprint density at radius 2 is 1.27 bits per heavy atom. The van der Waals surface area contributed by atoms with Gasteiger partial charge in [-0.2, -0.15) is 11.3 Å². The van der Waals surface area contributed by atoms with E-state index in [4.69, 9.17) is 11.8 Å². The van der Waals surface area contributed by atoms with Crippen LogP contribution in [0.3, 0.4) is 0 Å². The monoisotopic (exact) mass is 1060 g/mol. The van der Waals surface area contributed by atoms with Crippen molar-refractivity contribution in [1.29, 1.82) is 0 Å². The van der Waals surface area contributed by atoms with Gasteiger partial charge in [0.05, 0.1) is 16.9 Å². The molecule has 3 nitrogen and oxygen atoms in total. The summed E-state index contributed by atoms with van der Waals surface area (Å²) < 4.78 is 44.9. The third kappa shape index (κ3) is 7.48. The van der Waals surface area contributed by atoms with E-state index in [0.29, 0.717) is 11.3 Å². The normalized spacial score (nSPS) is 13.3. The van der Waals surface area contributed by atoms with Crippen LogP contribution in [0.1, 0.15) is 38.8 Å². The van der Waals surface area contributed by atoms with E-state index >= 15 is 0 Å². The molecule has 0 aliphatic carbocycles. The van der Waals surface area contributed by atoms with Crippen molar-refractivity contribution in [1.82, 2.24) is 14.4 Å². The summed E-state index contributed by atoms with van der Waals surface area (Å²) in [5.74, 6) is 0.911. The standard InChI is InChI=1S/C45H25N2S.C17H20N.Ir/c1-2-12-29-27(11-1)23-24-28-25-39-36-19-9-20-37(44(36)48-42(39)26-38(28)29)45-46-40-21-10-18-35-33-16-6-4-14-31(33)30-13-3-5-15-32(30)34-17-7-8-22-41(34)47(45)43(35)40;1-13-12-18-16(14-8-6-5-7-9-14)10-15(13)11-17(2,3)4;/h1-19,21-26H;5-8,10,12H,11H2,1-4H3;/q2*-1;/i;1D3,11D2;. The molecule has 0 spiro atoms. The SMILES string of the molecule is [2H]C([2H])([2H])c1cnc(-c2[c-]cccc2)cc1C([2H])([2H])C(C)(C)C.[Ir].[c-]1ccc2c(sc3cc4c(ccc5ccccc54)cc32)c1-c1nc2cccc3c4ccccc4c4ccccc4c4ccccc4n1c23. The van der Waals surface area contributed by atoms with Crippen molar-refractivity contribution in [3.8, 4) is 22.6 Å². The zero-order valence-electron chi connectivity index (χ0n) is 42.0. The Morgan fingerprint density at radius 1 is 0.597 bits per heavy atom. The molecule has 4 aromatic heterocycles. The summed E-state index contributed by atoms with van der Waals surface area (Å²) >= 11 is 1.85. The molecule has 0 saturated carbocycles. The van der Waals surface area contributed by atoms with Gasteiger partial charge in [0.15, 0.2) is 0 Å². The second-order valence-electron chi connectivity index (χ2n) is 17.9. The number of aryl methyl sites for hydroxylation is 1. The van der Waals surface area contributed by atoms with Crippen LogP contribution in [0.2, 0.25) is 0 Å². The quantitative estimate of drug-likeness (QED) is 0.130. The molecule has 4 heterocycles. The molecule has 0 saturated heterocycles. The number of nitrogens with zero attached hydrogens (tertiary/aromatic N) is 3. The minimum atomic E-state index is -2.42. The van der Waals surface area contributed by atoms with Gasteiger partial charge in [-0.15, -0.1) is 54.1 Å². The molecular formula is C62H45IrN3S-2.